The summed E-state index contributed by atoms with van der Waals surface area (Å²) in [5.41, 5.74) is 0.298. The zero-order chi connectivity index (χ0) is 15.4. The molecule has 1 N–H and O–H groups in total. The van der Waals surface area contributed by atoms with E-state index in [1.54, 1.807) is 17.5 Å². The van der Waals surface area contributed by atoms with Crippen LogP contribution in [-0.4, -0.2) is 40.9 Å². The standard InChI is InChI=1S/C15H16N4O2S/c16-7-11-8-18-15(9-17-11)19-3-4-21-10-12(19)6-13(20)14-2-1-5-22-14/h1-2,5,8-9,12-13,20H,3-4,6,10H2. The summed E-state index contributed by atoms with van der Waals surface area (Å²) in [7, 11) is 0. The van der Waals surface area contributed by atoms with Gasteiger partial charge in [0.2, 0.25) is 0 Å². The number of aromatic nitrogens is 2. The number of nitrogens with zero attached hydrogens (tertiary/aromatic N) is 4. The van der Waals surface area contributed by atoms with Gasteiger partial charge in [0.1, 0.15) is 11.9 Å². The number of rotatable bonds is 4. The molecular formula is C15H16N4O2S. The zero-order valence-corrected chi connectivity index (χ0v) is 12.7. The summed E-state index contributed by atoms with van der Waals surface area (Å²) in [6.07, 6.45) is 3.13. The third-order valence-corrected chi connectivity index (χ3v) is 4.62. The van der Waals surface area contributed by atoms with E-state index in [2.05, 4.69) is 14.9 Å². The first-order valence-corrected chi connectivity index (χ1v) is 7.94. The monoisotopic (exact) mass is 316 g/mol. The molecule has 2 unspecified atom stereocenters. The van der Waals surface area contributed by atoms with E-state index in [1.165, 1.54) is 6.20 Å². The van der Waals surface area contributed by atoms with Gasteiger partial charge in [-0.25, -0.2) is 9.97 Å². The normalized spacial score (nSPS) is 19.6. The highest BCUT2D eigenvalue weighted by molar-refractivity contribution is 7.10. The molecule has 0 bridgehead atoms. The maximum Gasteiger partial charge on any atom is 0.158 e. The molecule has 7 heteroatoms. The van der Waals surface area contributed by atoms with Crippen LogP contribution >= 0.6 is 11.3 Å². The molecule has 0 spiro atoms. The van der Waals surface area contributed by atoms with E-state index >= 15 is 0 Å². The van der Waals surface area contributed by atoms with Gasteiger partial charge in [-0.3, -0.25) is 0 Å². The average Bonchev–Trinajstić information content (AvgIpc) is 3.10. The highest BCUT2D eigenvalue weighted by atomic mass is 32.1. The number of aliphatic hydroxyl groups is 1. The molecule has 0 amide bonds. The minimum Gasteiger partial charge on any atom is -0.387 e. The second kappa shape index (κ2) is 6.83. The first kappa shape index (κ1) is 14.9. The molecule has 3 rings (SSSR count). The minimum atomic E-state index is -0.513. The Hall–Kier alpha value is -2.01. The van der Waals surface area contributed by atoms with Gasteiger partial charge in [0, 0.05) is 17.8 Å². The SMILES string of the molecule is N#Cc1cnc(N2CCOCC2CC(O)c2cccs2)cn1. The van der Waals surface area contributed by atoms with E-state index in [-0.39, 0.29) is 6.04 Å². The van der Waals surface area contributed by atoms with Gasteiger partial charge in [0.25, 0.3) is 0 Å². The summed E-state index contributed by atoms with van der Waals surface area (Å²) >= 11 is 1.55. The first-order chi connectivity index (χ1) is 10.8. The average molecular weight is 316 g/mol. The lowest BCUT2D eigenvalue weighted by Gasteiger charge is -2.37. The van der Waals surface area contributed by atoms with Crippen molar-refractivity contribution in [1.82, 2.24) is 9.97 Å². The van der Waals surface area contributed by atoms with Crippen LogP contribution < -0.4 is 4.90 Å². The quantitative estimate of drug-likeness (QED) is 0.925. The maximum atomic E-state index is 10.4. The van der Waals surface area contributed by atoms with Gasteiger partial charge >= 0.3 is 0 Å². The van der Waals surface area contributed by atoms with Crippen molar-refractivity contribution in [1.29, 1.82) is 5.26 Å². The Morgan fingerprint density at radius 3 is 3.09 bits per heavy atom. The molecule has 2 atom stereocenters. The van der Waals surface area contributed by atoms with Crippen LogP contribution in [0.4, 0.5) is 5.82 Å². The Morgan fingerprint density at radius 2 is 2.41 bits per heavy atom. The van der Waals surface area contributed by atoms with Crippen LogP contribution in [0.5, 0.6) is 0 Å². The Labute approximate surface area is 132 Å². The van der Waals surface area contributed by atoms with Crippen LogP contribution in [0.15, 0.2) is 29.9 Å². The minimum absolute atomic E-state index is 0.0353. The number of thiophene rings is 1. The lowest BCUT2D eigenvalue weighted by Crippen LogP contribution is -2.46. The summed E-state index contributed by atoms with van der Waals surface area (Å²) in [5, 5.41) is 21.1. The van der Waals surface area contributed by atoms with Crippen molar-refractivity contribution in [3.63, 3.8) is 0 Å². The molecule has 1 fully saturated rings. The fraction of sp³-hybridized carbons (Fsp3) is 0.400. The summed E-state index contributed by atoms with van der Waals surface area (Å²) in [4.78, 5) is 11.4. The second-order valence-corrected chi connectivity index (χ2v) is 6.04. The van der Waals surface area contributed by atoms with Crippen molar-refractivity contribution in [2.75, 3.05) is 24.7 Å². The molecule has 0 aliphatic carbocycles. The lowest BCUT2D eigenvalue weighted by atomic mass is 10.1. The van der Waals surface area contributed by atoms with E-state index < -0.39 is 6.10 Å². The number of ether oxygens (including phenoxy) is 1. The van der Waals surface area contributed by atoms with Crippen molar-refractivity contribution in [2.24, 2.45) is 0 Å². The zero-order valence-electron chi connectivity index (χ0n) is 11.9. The molecule has 0 radical (unpaired) electrons. The van der Waals surface area contributed by atoms with Crippen LogP contribution in [0, 0.1) is 11.3 Å². The Balaban J connectivity index is 1.74. The molecule has 2 aromatic heterocycles. The predicted molar refractivity (Wildman–Crippen MR) is 82.6 cm³/mol. The predicted octanol–water partition coefficient (Wildman–Crippen LogP) is 1.74. The largest absolute Gasteiger partial charge is 0.387 e. The molecule has 1 aliphatic rings. The number of aliphatic hydroxyl groups excluding tert-OH is 1. The Bertz CT molecular complexity index is 639. The van der Waals surface area contributed by atoms with Crippen molar-refractivity contribution in [2.45, 2.75) is 18.6 Å². The van der Waals surface area contributed by atoms with Gasteiger partial charge in [-0.2, -0.15) is 5.26 Å². The summed E-state index contributed by atoms with van der Waals surface area (Å²) in [5.74, 6) is 0.714. The van der Waals surface area contributed by atoms with Crippen LogP contribution in [0.1, 0.15) is 23.1 Å². The Morgan fingerprint density at radius 1 is 1.50 bits per heavy atom. The van der Waals surface area contributed by atoms with Gasteiger partial charge in [-0.05, 0) is 11.4 Å². The van der Waals surface area contributed by atoms with E-state index in [9.17, 15) is 5.11 Å². The maximum absolute atomic E-state index is 10.4. The fourth-order valence-corrected chi connectivity index (χ4v) is 3.26. The topological polar surface area (TPSA) is 82.3 Å². The molecule has 2 aromatic rings. The van der Waals surface area contributed by atoms with E-state index in [4.69, 9.17) is 10.00 Å². The molecule has 22 heavy (non-hydrogen) atoms. The highest BCUT2D eigenvalue weighted by Crippen LogP contribution is 2.27. The van der Waals surface area contributed by atoms with Crippen LogP contribution in [-0.2, 0) is 4.74 Å². The van der Waals surface area contributed by atoms with Crippen molar-refractivity contribution < 1.29 is 9.84 Å². The lowest BCUT2D eigenvalue weighted by molar-refractivity contribution is 0.0684. The van der Waals surface area contributed by atoms with Gasteiger partial charge in [-0.15, -0.1) is 11.3 Å². The van der Waals surface area contributed by atoms with Gasteiger partial charge in [-0.1, -0.05) is 6.07 Å². The van der Waals surface area contributed by atoms with E-state index in [0.29, 0.717) is 37.7 Å². The second-order valence-electron chi connectivity index (χ2n) is 5.06. The number of morpholine rings is 1. The van der Waals surface area contributed by atoms with Gasteiger partial charge in [0.05, 0.1) is 37.8 Å². The number of nitriles is 1. The summed E-state index contributed by atoms with van der Waals surface area (Å²) in [6.45, 7) is 1.86. The van der Waals surface area contributed by atoms with E-state index in [0.717, 1.165) is 4.88 Å². The first-order valence-electron chi connectivity index (χ1n) is 7.06. The third kappa shape index (κ3) is 3.25. The van der Waals surface area contributed by atoms with Gasteiger partial charge in [0.15, 0.2) is 5.69 Å². The molecule has 1 saturated heterocycles. The van der Waals surface area contributed by atoms with Crippen LogP contribution in [0.2, 0.25) is 0 Å². The molecule has 114 valence electrons. The Kier molecular flexibility index (Phi) is 4.63. The third-order valence-electron chi connectivity index (χ3n) is 3.64. The smallest absolute Gasteiger partial charge is 0.158 e. The molecule has 1 aliphatic heterocycles. The molecule has 3 heterocycles. The van der Waals surface area contributed by atoms with Crippen molar-refractivity contribution >= 4 is 17.2 Å². The summed E-state index contributed by atoms with van der Waals surface area (Å²) in [6, 6.07) is 5.87. The number of hydrogen-bond acceptors (Lipinski definition) is 7. The van der Waals surface area contributed by atoms with Crippen molar-refractivity contribution in [3.8, 4) is 6.07 Å². The highest BCUT2D eigenvalue weighted by Gasteiger charge is 2.27. The van der Waals surface area contributed by atoms with E-state index in [1.807, 2.05) is 23.6 Å². The number of hydrogen-bond donors (Lipinski definition) is 1. The van der Waals surface area contributed by atoms with Crippen molar-refractivity contribution in [3.05, 3.63) is 40.5 Å². The summed E-state index contributed by atoms with van der Waals surface area (Å²) < 4.78 is 5.55. The van der Waals surface area contributed by atoms with Crippen LogP contribution in [0.3, 0.4) is 0 Å². The molecular weight excluding hydrogens is 300 g/mol. The van der Waals surface area contributed by atoms with Gasteiger partial charge < -0.3 is 14.7 Å². The molecule has 6 nitrogen and oxygen atoms in total. The number of anilines is 1. The molecule has 0 saturated carbocycles. The van der Waals surface area contributed by atoms with Crippen LogP contribution in [0.25, 0.3) is 0 Å². The molecule has 0 aromatic carbocycles. The fourth-order valence-electron chi connectivity index (χ4n) is 2.53.